The van der Waals surface area contributed by atoms with Crippen LogP contribution in [0.5, 0.6) is 11.6 Å². The molecule has 3 nitrogen and oxygen atoms in total. The number of methoxy groups -OCH3 is 1. The van der Waals surface area contributed by atoms with Gasteiger partial charge < -0.3 is 9.47 Å². The molecule has 0 fully saturated rings. The van der Waals surface area contributed by atoms with E-state index in [9.17, 15) is 0 Å². The Labute approximate surface area is 94.0 Å². The summed E-state index contributed by atoms with van der Waals surface area (Å²) in [6.07, 6.45) is 0.960. The highest BCUT2D eigenvalue weighted by Crippen LogP contribution is 2.34. The first kappa shape index (κ1) is 9.46. The van der Waals surface area contributed by atoms with Crippen molar-refractivity contribution in [1.29, 1.82) is 0 Å². The molecule has 1 aromatic carbocycles. The van der Waals surface area contributed by atoms with Crippen LogP contribution in [0.1, 0.15) is 11.1 Å². The fourth-order valence-corrected chi connectivity index (χ4v) is 2.26. The molecule has 1 aromatic heterocycles. The van der Waals surface area contributed by atoms with Crippen molar-refractivity contribution in [1.82, 2.24) is 4.98 Å². The van der Waals surface area contributed by atoms with Gasteiger partial charge in [0.1, 0.15) is 11.3 Å². The first-order valence-corrected chi connectivity index (χ1v) is 5.40. The van der Waals surface area contributed by atoms with Gasteiger partial charge in [-0.15, -0.1) is 0 Å². The molecular formula is C13H13NO2. The van der Waals surface area contributed by atoms with E-state index >= 15 is 0 Å². The first-order valence-electron chi connectivity index (χ1n) is 5.40. The molecule has 0 spiro atoms. The lowest BCUT2D eigenvalue weighted by Crippen LogP contribution is -1.93. The third-order valence-electron chi connectivity index (χ3n) is 3.14. The van der Waals surface area contributed by atoms with E-state index in [0.29, 0.717) is 0 Å². The predicted molar refractivity (Wildman–Crippen MR) is 62.2 cm³/mol. The number of ether oxygens (including phenoxy) is 2. The molecule has 1 aliphatic heterocycles. The van der Waals surface area contributed by atoms with Gasteiger partial charge in [0, 0.05) is 17.4 Å². The highest BCUT2D eigenvalue weighted by Gasteiger charge is 2.19. The van der Waals surface area contributed by atoms with E-state index in [0.717, 1.165) is 35.6 Å². The van der Waals surface area contributed by atoms with Crippen LogP contribution in [0.15, 0.2) is 18.2 Å². The van der Waals surface area contributed by atoms with Crippen molar-refractivity contribution in [2.24, 2.45) is 0 Å². The molecule has 0 bridgehead atoms. The number of rotatable bonds is 1. The number of para-hydroxylation sites is 1. The van der Waals surface area contributed by atoms with Crippen LogP contribution in [0.2, 0.25) is 0 Å². The van der Waals surface area contributed by atoms with Crippen LogP contribution in [0.25, 0.3) is 10.9 Å². The lowest BCUT2D eigenvalue weighted by Gasteiger charge is -2.09. The number of aromatic nitrogens is 1. The lowest BCUT2D eigenvalue weighted by atomic mass is 10.0. The molecule has 2 aromatic rings. The highest BCUT2D eigenvalue weighted by molar-refractivity contribution is 5.89. The van der Waals surface area contributed by atoms with Crippen LogP contribution in [0.4, 0.5) is 0 Å². The van der Waals surface area contributed by atoms with Gasteiger partial charge in [-0.1, -0.05) is 12.1 Å². The van der Waals surface area contributed by atoms with Crippen LogP contribution in [0, 0.1) is 6.92 Å². The van der Waals surface area contributed by atoms with Gasteiger partial charge >= 0.3 is 0 Å². The summed E-state index contributed by atoms with van der Waals surface area (Å²) in [7, 11) is 1.67. The summed E-state index contributed by atoms with van der Waals surface area (Å²) in [6, 6.07) is 6.01. The second-order valence-electron chi connectivity index (χ2n) is 3.98. The summed E-state index contributed by atoms with van der Waals surface area (Å²) >= 11 is 0. The van der Waals surface area contributed by atoms with Crippen LogP contribution < -0.4 is 9.47 Å². The quantitative estimate of drug-likeness (QED) is 0.732. The van der Waals surface area contributed by atoms with Gasteiger partial charge in [0.05, 0.1) is 13.7 Å². The van der Waals surface area contributed by atoms with Gasteiger partial charge in [0.25, 0.3) is 0 Å². The molecule has 1 aliphatic rings. The Bertz CT molecular complexity index is 563. The molecule has 2 heterocycles. The Kier molecular flexibility index (Phi) is 1.99. The number of pyridine rings is 1. The largest absolute Gasteiger partial charge is 0.494 e. The van der Waals surface area contributed by atoms with Gasteiger partial charge in [0.2, 0.25) is 5.88 Å². The van der Waals surface area contributed by atoms with E-state index in [1.54, 1.807) is 7.11 Å². The zero-order valence-corrected chi connectivity index (χ0v) is 9.41. The number of hydrogen-bond acceptors (Lipinski definition) is 3. The second kappa shape index (κ2) is 3.37. The molecule has 3 rings (SSSR count). The summed E-state index contributed by atoms with van der Waals surface area (Å²) in [6.45, 7) is 2.86. The summed E-state index contributed by atoms with van der Waals surface area (Å²) in [5, 5.41) is 1.16. The van der Waals surface area contributed by atoms with Gasteiger partial charge in [0.15, 0.2) is 0 Å². The van der Waals surface area contributed by atoms with E-state index in [1.807, 2.05) is 12.1 Å². The third kappa shape index (κ3) is 1.18. The van der Waals surface area contributed by atoms with Crippen molar-refractivity contribution < 1.29 is 9.47 Å². The molecule has 0 saturated carbocycles. The lowest BCUT2D eigenvalue weighted by molar-refractivity contribution is 0.345. The zero-order valence-electron chi connectivity index (χ0n) is 9.41. The number of hydrogen-bond donors (Lipinski definition) is 0. The molecule has 82 valence electrons. The maximum absolute atomic E-state index is 5.52. The molecule has 0 unspecified atom stereocenters. The van der Waals surface area contributed by atoms with E-state index in [2.05, 4.69) is 18.0 Å². The average molecular weight is 215 g/mol. The molecule has 0 saturated heterocycles. The van der Waals surface area contributed by atoms with Gasteiger partial charge in [-0.2, -0.15) is 0 Å². The Balaban J connectivity index is 2.41. The molecule has 3 heteroatoms. The van der Waals surface area contributed by atoms with Gasteiger partial charge in [-0.3, -0.25) is 0 Å². The minimum absolute atomic E-state index is 0.738. The average Bonchev–Trinajstić information content (AvgIpc) is 2.77. The van der Waals surface area contributed by atoms with Crippen molar-refractivity contribution in [2.75, 3.05) is 13.7 Å². The molecule has 0 radical (unpaired) electrons. The topological polar surface area (TPSA) is 31.4 Å². The maximum Gasteiger partial charge on any atom is 0.217 e. The van der Waals surface area contributed by atoms with Gasteiger partial charge in [-0.05, 0) is 18.6 Å². The SMILES string of the molecule is COc1cccc2c(C)c3c(nc12)OCC3. The number of fused-ring (bicyclic) bond motifs is 2. The van der Waals surface area contributed by atoms with Crippen molar-refractivity contribution >= 4 is 10.9 Å². The minimum Gasteiger partial charge on any atom is -0.494 e. The van der Waals surface area contributed by atoms with E-state index in [-0.39, 0.29) is 0 Å². The van der Waals surface area contributed by atoms with Crippen LogP contribution in [-0.2, 0) is 6.42 Å². The van der Waals surface area contributed by atoms with Crippen LogP contribution >= 0.6 is 0 Å². The normalized spacial score (nSPS) is 13.6. The van der Waals surface area contributed by atoms with Crippen molar-refractivity contribution in [3.05, 3.63) is 29.3 Å². The van der Waals surface area contributed by atoms with Crippen molar-refractivity contribution in [3.63, 3.8) is 0 Å². The number of nitrogens with zero attached hydrogens (tertiary/aromatic N) is 1. The van der Waals surface area contributed by atoms with Crippen molar-refractivity contribution in [2.45, 2.75) is 13.3 Å². The monoisotopic (exact) mass is 215 g/mol. The number of benzene rings is 1. The minimum atomic E-state index is 0.738. The predicted octanol–water partition coefficient (Wildman–Crippen LogP) is 2.49. The molecule has 0 amide bonds. The Morgan fingerprint density at radius 1 is 1.38 bits per heavy atom. The maximum atomic E-state index is 5.52. The highest BCUT2D eigenvalue weighted by atomic mass is 16.5. The number of aryl methyl sites for hydroxylation is 1. The summed E-state index contributed by atoms with van der Waals surface area (Å²) in [4.78, 5) is 4.54. The fraction of sp³-hybridized carbons (Fsp3) is 0.308. The molecule has 0 aliphatic carbocycles. The van der Waals surface area contributed by atoms with Crippen LogP contribution in [0.3, 0.4) is 0 Å². The molecular weight excluding hydrogens is 202 g/mol. The first-order chi connectivity index (χ1) is 7.81. The smallest absolute Gasteiger partial charge is 0.217 e. The molecule has 0 atom stereocenters. The van der Waals surface area contributed by atoms with Gasteiger partial charge in [-0.25, -0.2) is 4.98 Å². The second-order valence-corrected chi connectivity index (χ2v) is 3.98. The van der Waals surface area contributed by atoms with E-state index in [1.165, 1.54) is 11.1 Å². The summed E-state index contributed by atoms with van der Waals surface area (Å²) in [5.41, 5.74) is 3.39. The van der Waals surface area contributed by atoms with E-state index < -0.39 is 0 Å². The third-order valence-corrected chi connectivity index (χ3v) is 3.14. The zero-order chi connectivity index (χ0) is 11.1. The Morgan fingerprint density at radius 3 is 3.06 bits per heavy atom. The standard InChI is InChI=1S/C13H13NO2/c1-8-9-4-3-5-11(15-2)12(9)14-13-10(8)6-7-16-13/h3-5H,6-7H2,1-2H3. The summed E-state index contributed by atoms with van der Waals surface area (Å²) < 4.78 is 10.8. The molecule has 0 N–H and O–H groups in total. The molecule has 16 heavy (non-hydrogen) atoms. The van der Waals surface area contributed by atoms with E-state index in [4.69, 9.17) is 9.47 Å². The van der Waals surface area contributed by atoms with Crippen molar-refractivity contribution in [3.8, 4) is 11.6 Å². The summed E-state index contributed by atoms with van der Waals surface area (Å²) in [5.74, 6) is 1.58. The Hall–Kier alpha value is -1.77. The van der Waals surface area contributed by atoms with Crippen LogP contribution in [-0.4, -0.2) is 18.7 Å². The Morgan fingerprint density at radius 2 is 2.25 bits per heavy atom. The fourth-order valence-electron chi connectivity index (χ4n) is 2.26.